The Hall–Kier alpha value is -3.07. The summed E-state index contributed by atoms with van der Waals surface area (Å²) in [6.07, 6.45) is 7.29. The van der Waals surface area contributed by atoms with Crippen LogP contribution in [-0.4, -0.2) is 18.2 Å². The number of esters is 1. The fraction of sp³-hybridized carbons (Fsp3) is 0.0952. The first kappa shape index (κ1) is 19.0. The minimum absolute atomic E-state index is 0.298. The Labute approximate surface area is 143 Å². The third-order valence-electron chi connectivity index (χ3n) is 3.12. The molecule has 0 heterocycles. The molecular weight excluding hydrogens is 300 g/mol. The van der Waals surface area contributed by atoms with Gasteiger partial charge in [0.2, 0.25) is 0 Å². The quantitative estimate of drug-likeness (QED) is 0.497. The lowest BCUT2D eigenvalue weighted by Crippen LogP contribution is -1.91. The molecule has 0 atom stereocenters. The molecule has 2 aromatic carbocycles. The third kappa shape index (κ3) is 7.27. The number of allylic oxidation sites excluding steroid dienone is 3. The van der Waals surface area contributed by atoms with Crippen LogP contribution in [0.3, 0.4) is 0 Å². The summed E-state index contributed by atoms with van der Waals surface area (Å²) in [7, 11) is 1.31. The second kappa shape index (κ2) is 10.6. The number of ether oxygens (including phenoxy) is 1. The summed E-state index contributed by atoms with van der Waals surface area (Å²) in [5, 5.41) is 9.23. The first-order valence-corrected chi connectivity index (χ1v) is 7.46. The van der Waals surface area contributed by atoms with Crippen molar-refractivity contribution in [2.24, 2.45) is 0 Å². The van der Waals surface area contributed by atoms with Crippen LogP contribution in [0.15, 0.2) is 79.4 Å². The average Bonchev–Trinajstić information content (AvgIpc) is 2.63. The molecule has 0 radical (unpaired) electrons. The van der Waals surface area contributed by atoms with Gasteiger partial charge in [0.15, 0.2) is 0 Å². The molecule has 0 saturated heterocycles. The first-order valence-electron chi connectivity index (χ1n) is 7.46. The summed E-state index contributed by atoms with van der Waals surface area (Å²) in [6.45, 7) is 5.21. The van der Waals surface area contributed by atoms with Crippen molar-refractivity contribution < 1.29 is 14.6 Å². The Morgan fingerprint density at radius 3 is 2.21 bits per heavy atom. The summed E-state index contributed by atoms with van der Waals surface area (Å²) in [6, 6.07) is 17.4. The normalized spacial score (nSPS) is 10.7. The molecule has 2 rings (SSSR count). The van der Waals surface area contributed by atoms with Gasteiger partial charge in [0, 0.05) is 6.08 Å². The van der Waals surface area contributed by atoms with E-state index < -0.39 is 5.97 Å². The van der Waals surface area contributed by atoms with Crippen molar-refractivity contribution >= 4 is 17.6 Å². The van der Waals surface area contributed by atoms with Gasteiger partial charge in [-0.2, -0.15) is 0 Å². The molecule has 1 N–H and O–H groups in total. The maximum Gasteiger partial charge on any atom is 0.329 e. The molecule has 3 heteroatoms. The number of hydrogen-bond donors (Lipinski definition) is 1. The Bertz CT molecular complexity index is 696. The number of methoxy groups -OCH3 is 1. The van der Waals surface area contributed by atoms with Crippen LogP contribution < -0.4 is 0 Å². The molecule has 2 aromatic rings. The van der Waals surface area contributed by atoms with Gasteiger partial charge in [-0.15, -0.1) is 0 Å². The highest BCUT2D eigenvalue weighted by Crippen LogP contribution is 2.17. The topological polar surface area (TPSA) is 46.5 Å². The highest BCUT2D eigenvalue weighted by Gasteiger charge is 1.94. The van der Waals surface area contributed by atoms with Crippen LogP contribution >= 0.6 is 0 Å². The average molecular weight is 322 g/mol. The van der Waals surface area contributed by atoms with Gasteiger partial charge in [0.25, 0.3) is 0 Å². The maximum atomic E-state index is 9.84. The van der Waals surface area contributed by atoms with Crippen molar-refractivity contribution in [1.29, 1.82) is 0 Å². The molecule has 0 aliphatic carbocycles. The van der Waals surface area contributed by atoms with Crippen LogP contribution in [-0.2, 0) is 9.53 Å². The van der Waals surface area contributed by atoms with E-state index in [1.54, 1.807) is 12.1 Å². The fourth-order valence-corrected chi connectivity index (χ4v) is 1.77. The number of carbonyl (C=O) groups excluding carboxylic acids is 1. The summed E-state index contributed by atoms with van der Waals surface area (Å²) in [5.41, 5.74) is 3.47. The molecule has 0 saturated carbocycles. The summed E-state index contributed by atoms with van der Waals surface area (Å²) < 4.78 is 4.14. The fourth-order valence-electron chi connectivity index (χ4n) is 1.77. The highest BCUT2D eigenvalue weighted by molar-refractivity contribution is 5.80. The molecule has 24 heavy (non-hydrogen) atoms. The molecule has 0 amide bonds. The van der Waals surface area contributed by atoms with E-state index in [1.165, 1.54) is 18.2 Å². The molecule has 0 aliphatic rings. The van der Waals surface area contributed by atoms with Crippen molar-refractivity contribution in [3.05, 3.63) is 90.5 Å². The summed E-state index contributed by atoms with van der Waals surface area (Å²) in [5.74, 6) is -0.0959. The predicted molar refractivity (Wildman–Crippen MR) is 99.4 cm³/mol. The predicted octanol–water partition coefficient (Wildman–Crippen LogP) is 4.85. The molecule has 0 aliphatic heterocycles. The van der Waals surface area contributed by atoms with Gasteiger partial charge < -0.3 is 9.84 Å². The zero-order valence-electron chi connectivity index (χ0n) is 14.0. The molecule has 0 unspecified atom stereocenters. The van der Waals surface area contributed by atoms with Crippen molar-refractivity contribution in [2.45, 2.75) is 6.92 Å². The van der Waals surface area contributed by atoms with Crippen LogP contribution in [0.2, 0.25) is 0 Å². The minimum Gasteiger partial charge on any atom is -0.508 e. The first-order chi connectivity index (χ1) is 11.6. The van der Waals surface area contributed by atoms with E-state index in [-0.39, 0.29) is 0 Å². The molecular formula is C21H22O3. The number of phenolic OH excluding ortho intramolecular Hbond substituents is 1. The molecule has 0 aromatic heterocycles. The van der Waals surface area contributed by atoms with Crippen molar-refractivity contribution in [1.82, 2.24) is 0 Å². The van der Waals surface area contributed by atoms with Gasteiger partial charge in [0.05, 0.1) is 7.11 Å². The Balaban J connectivity index is 0.000000413. The Morgan fingerprint density at radius 1 is 1.08 bits per heavy atom. The molecule has 0 bridgehead atoms. The number of phenols is 1. The maximum absolute atomic E-state index is 9.84. The largest absolute Gasteiger partial charge is 0.508 e. The third-order valence-corrected chi connectivity index (χ3v) is 3.12. The van der Waals surface area contributed by atoms with E-state index in [0.717, 1.165) is 11.6 Å². The monoisotopic (exact) mass is 322 g/mol. The number of rotatable bonds is 4. The van der Waals surface area contributed by atoms with Gasteiger partial charge in [-0.1, -0.05) is 67.3 Å². The van der Waals surface area contributed by atoms with Gasteiger partial charge in [-0.25, -0.2) is 4.79 Å². The lowest BCUT2D eigenvalue weighted by Gasteiger charge is -2.00. The Kier molecular flexibility index (Phi) is 8.40. The standard InChI is InChI=1S/C17H16O.C4H6O2/c1-14(16-10-12-17(18)13-11-16)6-5-9-15-7-3-2-4-8-15;1-3-4(5)6-2/h2-13,18H,1H3;3H,1H2,2H3. The molecule has 124 valence electrons. The molecule has 0 spiro atoms. The van der Waals surface area contributed by atoms with Crippen LogP contribution in [0.5, 0.6) is 5.75 Å². The second-order valence-electron chi connectivity index (χ2n) is 4.89. The number of hydrogen-bond acceptors (Lipinski definition) is 3. The van der Waals surface area contributed by atoms with Crippen LogP contribution in [0.1, 0.15) is 18.1 Å². The van der Waals surface area contributed by atoms with E-state index in [2.05, 4.69) is 42.5 Å². The van der Waals surface area contributed by atoms with Crippen molar-refractivity contribution in [3.63, 3.8) is 0 Å². The van der Waals surface area contributed by atoms with E-state index in [4.69, 9.17) is 0 Å². The van der Waals surface area contributed by atoms with Gasteiger partial charge in [-0.05, 0) is 35.8 Å². The summed E-state index contributed by atoms with van der Waals surface area (Å²) in [4.78, 5) is 9.84. The lowest BCUT2D eigenvalue weighted by molar-refractivity contribution is -0.134. The second-order valence-corrected chi connectivity index (χ2v) is 4.89. The smallest absolute Gasteiger partial charge is 0.329 e. The van der Waals surface area contributed by atoms with E-state index in [1.807, 2.05) is 36.4 Å². The van der Waals surface area contributed by atoms with E-state index in [0.29, 0.717) is 5.75 Å². The lowest BCUT2D eigenvalue weighted by atomic mass is 10.1. The Morgan fingerprint density at radius 2 is 1.71 bits per heavy atom. The highest BCUT2D eigenvalue weighted by atomic mass is 16.5. The van der Waals surface area contributed by atoms with Gasteiger partial charge in [-0.3, -0.25) is 0 Å². The summed E-state index contributed by atoms with van der Waals surface area (Å²) >= 11 is 0. The number of benzene rings is 2. The van der Waals surface area contributed by atoms with E-state index in [9.17, 15) is 9.90 Å². The zero-order chi connectivity index (χ0) is 17.8. The number of aromatic hydroxyl groups is 1. The van der Waals surface area contributed by atoms with Crippen molar-refractivity contribution in [3.8, 4) is 5.75 Å². The van der Waals surface area contributed by atoms with Gasteiger partial charge >= 0.3 is 5.97 Å². The van der Waals surface area contributed by atoms with Crippen LogP contribution in [0.4, 0.5) is 0 Å². The minimum atomic E-state index is -0.394. The SMILES string of the molecule is C=CC(=O)OC.CC(=CC=Cc1ccccc1)c1ccc(O)cc1. The molecule has 3 nitrogen and oxygen atoms in total. The number of carbonyl (C=O) groups is 1. The van der Waals surface area contributed by atoms with E-state index >= 15 is 0 Å². The zero-order valence-corrected chi connectivity index (χ0v) is 14.0. The van der Waals surface area contributed by atoms with Gasteiger partial charge in [0.1, 0.15) is 5.75 Å². The van der Waals surface area contributed by atoms with Crippen LogP contribution in [0.25, 0.3) is 11.6 Å². The van der Waals surface area contributed by atoms with Crippen molar-refractivity contribution in [2.75, 3.05) is 7.11 Å². The molecule has 0 fully saturated rings. The van der Waals surface area contributed by atoms with Crippen LogP contribution in [0, 0.1) is 0 Å².